The molecule has 3 nitrogen and oxygen atoms in total. The summed E-state index contributed by atoms with van der Waals surface area (Å²) in [5.74, 6) is 0.601. The molecule has 1 aliphatic heterocycles. The molecule has 35 heavy (non-hydrogen) atoms. The molecule has 0 aromatic heterocycles. The second-order valence-corrected chi connectivity index (χ2v) is 9.86. The number of nitrogens with zero attached hydrogens (tertiary/aromatic N) is 3. The molecule has 3 heteroatoms. The van der Waals surface area contributed by atoms with Gasteiger partial charge in [0.05, 0.1) is 17.6 Å². The Kier molecular flexibility index (Phi) is 5.61. The quantitative estimate of drug-likeness (QED) is 0.222. The van der Waals surface area contributed by atoms with Crippen LogP contribution in [0, 0.1) is 13.8 Å². The minimum Gasteiger partial charge on any atom is -0.338 e. The topological polar surface area (TPSA) is 18.8 Å². The van der Waals surface area contributed by atoms with E-state index >= 15 is 0 Å². The van der Waals surface area contributed by atoms with Gasteiger partial charge in [-0.25, -0.2) is 5.01 Å². The second kappa shape index (κ2) is 9.07. The lowest BCUT2D eigenvalue weighted by Crippen LogP contribution is -2.26. The zero-order valence-electron chi connectivity index (χ0n) is 20.4. The van der Waals surface area contributed by atoms with E-state index in [0.29, 0.717) is 12.0 Å². The van der Waals surface area contributed by atoms with Crippen molar-refractivity contribution in [1.82, 2.24) is 0 Å². The maximum atomic E-state index is 4.98. The van der Waals surface area contributed by atoms with Gasteiger partial charge >= 0.3 is 0 Å². The molecule has 0 radical (unpaired) electrons. The van der Waals surface area contributed by atoms with Gasteiger partial charge in [-0.15, -0.1) is 0 Å². The van der Waals surface area contributed by atoms with Crippen LogP contribution in [0.2, 0.25) is 0 Å². The van der Waals surface area contributed by atoms with Crippen LogP contribution >= 0.6 is 0 Å². The van der Waals surface area contributed by atoms with E-state index in [-0.39, 0.29) is 0 Å². The van der Waals surface area contributed by atoms with Crippen molar-refractivity contribution in [2.75, 3.05) is 9.91 Å². The van der Waals surface area contributed by atoms with Crippen LogP contribution in [0.5, 0.6) is 0 Å². The number of rotatable bonds is 5. The summed E-state index contributed by atoms with van der Waals surface area (Å²) in [5, 5.41) is 7.01. The van der Waals surface area contributed by atoms with Crippen molar-refractivity contribution >= 4 is 29.0 Å². The number of hydrogen-bond acceptors (Lipinski definition) is 3. The first kappa shape index (κ1) is 21.7. The van der Waals surface area contributed by atoms with Gasteiger partial charge in [0.1, 0.15) is 0 Å². The molecular formula is C32H31N3. The molecule has 2 unspecified atom stereocenters. The van der Waals surface area contributed by atoms with Crippen LogP contribution in [0.1, 0.15) is 47.4 Å². The number of para-hydroxylation sites is 1. The molecule has 0 N–H and O–H groups in total. The Morgan fingerprint density at radius 2 is 1.43 bits per heavy atom. The average Bonchev–Trinajstić information content (AvgIpc) is 3.48. The number of hydrogen-bond donors (Lipinski definition) is 0. The van der Waals surface area contributed by atoms with Gasteiger partial charge in [0.15, 0.2) is 0 Å². The van der Waals surface area contributed by atoms with E-state index in [9.17, 15) is 0 Å². The Morgan fingerprint density at radius 3 is 2.09 bits per heavy atom. The molecule has 6 rings (SSSR count). The number of hydrazone groups is 1. The van der Waals surface area contributed by atoms with Crippen LogP contribution in [0.3, 0.4) is 0 Å². The average molecular weight is 458 g/mol. The Labute approximate surface area is 208 Å². The molecule has 0 amide bonds. The van der Waals surface area contributed by atoms with E-state index in [1.165, 1.54) is 47.3 Å². The lowest BCUT2D eigenvalue weighted by atomic mass is 9.96. The third kappa shape index (κ3) is 4.12. The summed E-state index contributed by atoms with van der Waals surface area (Å²) in [4.78, 5) is 2.57. The molecule has 1 fully saturated rings. The van der Waals surface area contributed by atoms with E-state index in [2.05, 4.69) is 116 Å². The Balaban J connectivity index is 1.35. The summed E-state index contributed by atoms with van der Waals surface area (Å²) in [5.41, 5.74) is 9.88. The molecule has 2 atom stereocenters. The van der Waals surface area contributed by atoms with Crippen molar-refractivity contribution in [2.24, 2.45) is 5.10 Å². The Hall–Kier alpha value is -3.85. The first-order valence-corrected chi connectivity index (χ1v) is 12.6. The highest BCUT2D eigenvalue weighted by Gasteiger charge is 2.41. The van der Waals surface area contributed by atoms with Gasteiger partial charge in [-0.2, -0.15) is 5.10 Å². The van der Waals surface area contributed by atoms with Crippen LogP contribution in [-0.2, 0) is 0 Å². The molecule has 0 spiro atoms. The Bertz CT molecular complexity index is 1290. The summed E-state index contributed by atoms with van der Waals surface area (Å²) >= 11 is 0. The van der Waals surface area contributed by atoms with Crippen LogP contribution in [0.15, 0.2) is 102 Å². The largest absolute Gasteiger partial charge is 0.338 e. The third-order valence-corrected chi connectivity index (χ3v) is 7.44. The number of anilines is 4. The molecule has 1 aliphatic carbocycles. The predicted octanol–water partition coefficient (Wildman–Crippen LogP) is 8.26. The molecular weight excluding hydrogens is 426 g/mol. The number of benzene rings is 4. The van der Waals surface area contributed by atoms with E-state index in [1.807, 2.05) is 11.2 Å². The first-order chi connectivity index (χ1) is 17.2. The van der Waals surface area contributed by atoms with Crippen molar-refractivity contribution in [1.29, 1.82) is 0 Å². The van der Waals surface area contributed by atoms with Crippen LogP contribution in [0.4, 0.5) is 22.7 Å². The molecule has 0 bridgehead atoms. The highest BCUT2D eigenvalue weighted by Crippen LogP contribution is 2.52. The predicted molar refractivity (Wildman–Crippen MR) is 147 cm³/mol. The first-order valence-electron chi connectivity index (χ1n) is 12.6. The van der Waals surface area contributed by atoms with Gasteiger partial charge in [-0.1, -0.05) is 66.1 Å². The maximum absolute atomic E-state index is 4.98. The zero-order valence-corrected chi connectivity index (χ0v) is 20.4. The molecule has 4 aromatic rings. The summed E-state index contributed by atoms with van der Waals surface area (Å²) in [6.45, 7) is 4.23. The minimum atomic E-state index is 0.566. The van der Waals surface area contributed by atoms with Crippen molar-refractivity contribution in [3.8, 4) is 0 Å². The van der Waals surface area contributed by atoms with E-state index in [0.717, 1.165) is 16.9 Å². The fraction of sp³-hybridized carbons (Fsp3) is 0.219. The van der Waals surface area contributed by atoms with Crippen molar-refractivity contribution in [2.45, 2.75) is 45.1 Å². The highest BCUT2D eigenvalue weighted by molar-refractivity contribution is 5.85. The van der Waals surface area contributed by atoms with Gasteiger partial charge in [-0.3, -0.25) is 0 Å². The monoisotopic (exact) mass is 457 g/mol. The van der Waals surface area contributed by atoms with Gasteiger partial charge < -0.3 is 4.90 Å². The minimum absolute atomic E-state index is 0.566. The fourth-order valence-corrected chi connectivity index (χ4v) is 5.66. The molecule has 2 aliphatic rings. The second-order valence-electron chi connectivity index (χ2n) is 9.86. The van der Waals surface area contributed by atoms with Crippen molar-refractivity contribution < 1.29 is 0 Å². The maximum Gasteiger partial charge on any atom is 0.0652 e. The summed E-state index contributed by atoms with van der Waals surface area (Å²) in [6.07, 6.45) is 5.83. The molecule has 4 aromatic carbocycles. The summed E-state index contributed by atoms with van der Waals surface area (Å²) in [6, 6.07) is 35.4. The molecule has 174 valence electrons. The normalized spacial score (nSPS) is 18.6. The Morgan fingerprint density at radius 1 is 0.771 bits per heavy atom. The SMILES string of the molecule is Cc1ccc(N(N=Cc2ccc3c(c2)C2CCCC2N3c2ccccc2)c2ccc(C)cc2)cc1. The van der Waals surface area contributed by atoms with E-state index < -0.39 is 0 Å². The lowest BCUT2D eigenvalue weighted by Gasteiger charge is -2.27. The van der Waals surface area contributed by atoms with Gasteiger partial charge in [0.25, 0.3) is 0 Å². The highest BCUT2D eigenvalue weighted by atomic mass is 15.5. The summed E-state index contributed by atoms with van der Waals surface area (Å²) in [7, 11) is 0. The van der Waals surface area contributed by atoms with Crippen LogP contribution < -0.4 is 9.91 Å². The van der Waals surface area contributed by atoms with E-state index in [1.54, 1.807) is 0 Å². The smallest absolute Gasteiger partial charge is 0.0652 e. The van der Waals surface area contributed by atoms with Gasteiger partial charge in [0, 0.05) is 23.3 Å². The third-order valence-electron chi connectivity index (χ3n) is 7.44. The van der Waals surface area contributed by atoms with Crippen molar-refractivity contribution in [3.05, 3.63) is 119 Å². The fourth-order valence-electron chi connectivity index (χ4n) is 5.66. The standard InChI is InChI=1S/C32H31N3/c1-23-11-16-27(17-12-23)35(28-18-13-24(2)14-19-28)33-22-25-15-20-32-30(21-25)29-9-6-10-31(29)34(32)26-7-4-3-5-8-26/h3-5,7-8,11-22,29,31H,6,9-10H2,1-2H3. The molecule has 1 heterocycles. The molecule has 0 saturated heterocycles. The number of aryl methyl sites for hydroxylation is 2. The number of fused-ring (bicyclic) bond motifs is 3. The summed E-state index contributed by atoms with van der Waals surface area (Å²) < 4.78 is 0. The van der Waals surface area contributed by atoms with Gasteiger partial charge in [0.2, 0.25) is 0 Å². The van der Waals surface area contributed by atoms with Crippen LogP contribution in [0.25, 0.3) is 0 Å². The molecule has 1 saturated carbocycles. The lowest BCUT2D eigenvalue weighted by molar-refractivity contribution is 0.642. The zero-order chi connectivity index (χ0) is 23.8. The van der Waals surface area contributed by atoms with Gasteiger partial charge in [-0.05, 0) is 86.3 Å². The van der Waals surface area contributed by atoms with Crippen molar-refractivity contribution in [3.63, 3.8) is 0 Å². The van der Waals surface area contributed by atoms with E-state index in [4.69, 9.17) is 5.10 Å². The van der Waals surface area contributed by atoms with Crippen LogP contribution in [-0.4, -0.2) is 12.3 Å².